The van der Waals surface area contributed by atoms with E-state index >= 15 is 0 Å². The van der Waals surface area contributed by atoms with E-state index in [1.807, 2.05) is 12.1 Å². The Balaban J connectivity index is 2.33. The highest BCUT2D eigenvalue weighted by atomic mass is 16.5. The lowest BCUT2D eigenvalue weighted by atomic mass is 10.3. The van der Waals surface area contributed by atoms with Gasteiger partial charge in [-0.1, -0.05) is 0 Å². The Hall–Kier alpha value is -1.09. The van der Waals surface area contributed by atoms with Crippen molar-refractivity contribution in [1.82, 2.24) is 10.3 Å². The summed E-state index contributed by atoms with van der Waals surface area (Å²) in [5, 5.41) is 3.22. The molecule has 0 fully saturated rings. The van der Waals surface area contributed by atoms with Gasteiger partial charge in [0.05, 0.1) is 5.69 Å². The zero-order chi connectivity index (χ0) is 7.52. The monoisotopic (exact) mass is 150 g/mol. The molecule has 1 aromatic rings. The van der Waals surface area contributed by atoms with Crippen molar-refractivity contribution in [2.75, 3.05) is 13.2 Å². The third-order valence-corrected chi connectivity index (χ3v) is 1.68. The molecular weight excluding hydrogens is 140 g/mol. The fourth-order valence-electron chi connectivity index (χ4n) is 1.13. The second kappa shape index (κ2) is 2.88. The molecule has 11 heavy (non-hydrogen) atoms. The zero-order valence-corrected chi connectivity index (χ0v) is 6.21. The molecule has 0 aromatic carbocycles. The van der Waals surface area contributed by atoms with Crippen LogP contribution in [0, 0.1) is 0 Å². The second-order valence-corrected chi connectivity index (χ2v) is 2.47. The van der Waals surface area contributed by atoms with Crippen LogP contribution in [0.4, 0.5) is 0 Å². The van der Waals surface area contributed by atoms with Gasteiger partial charge in [0.15, 0.2) is 0 Å². The van der Waals surface area contributed by atoms with E-state index in [1.165, 1.54) is 0 Å². The molecule has 0 spiro atoms. The molecule has 0 saturated heterocycles. The van der Waals surface area contributed by atoms with Gasteiger partial charge in [-0.15, -0.1) is 0 Å². The van der Waals surface area contributed by atoms with Crippen LogP contribution in [0.3, 0.4) is 0 Å². The molecule has 0 bridgehead atoms. The van der Waals surface area contributed by atoms with Crippen LogP contribution in [0.5, 0.6) is 5.75 Å². The standard InChI is InChI=1S/C8H10N2O/c1-2-8-7(10-3-1)6-9-4-5-11-8/h1-3,9H,4-6H2. The predicted molar refractivity (Wildman–Crippen MR) is 41.4 cm³/mol. The molecule has 58 valence electrons. The van der Waals surface area contributed by atoms with Gasteiger partial charge in [-0.2, -0.15) is 0 Å². The third-order valence-electron chi connectivity index (χ3n) is 1.68. The first-order valence-electron chi connectivity index (χ1n) is 3.74. The van der Waals surface area contributed by atoms with Gasteiger partial charge in [0.1, 0.15) is 12.4 Å². The van der Waals surface area contributed by atoms with Gasteiger partial charge < -0.3 is 10.1 Å². The highest BCUT2D eigenvalue weighted by molar-refractivity contribution is 5.27. The lowest BCUT2D eigenvalue weighted by molar-refractivity contribution is 0.325. The minimum atomic E-state index is 0.735. The van der Waals surface area contributed by atoms with E-state index in [2.05, 4.69) is 10.3 Å². The Morgan fingerprint density at radius 1 is 1.55 bits per heavy atom. The van der Waals surface area contributed by atoms with E-state index in [4.69, 9.17) is 4.74 Å². The number of nitrogens with zero attached hydrogens (tertiary/aromatic N) is 1. The number of hydrogen-bond acceptors (Lipinski definition) is 3. The number of ether oxygens (including phenoxy) is 1. The minimum Gasteiger partial charge on any atom is -0.490 e. The van der Waals surface area contributed by atoms with E-state index in [-0.39, 0.29) is 0 Å². The lowest BCUT2D eigenvalue weighted by Gasteiger charge is -2.02. The molecule has 0 atom stereocenters. The lowest BCUT2D eigenvalue weighted by Crippen LogP contribution is -2.16. The Kier molecular flexibility index (Phi) is 1.73. The van der Waals surface area contributed by atoms with Crippen molar-refractivity contribution in [3.8, 4) is 5.75 Å². The SMILES string of the molecule is c1cnc2c(c1)OCCNC2. The summed E-state index contributed by atoms with van der Waals surface area (Å²) in [4.78, 5) is 4.19. The predicted octanol–water partition coefficient (Wildman–Crippen LogP) is 0.564. The zero-order valence-electron chi connectivity index (χ0n) is 6.21. The van der Waals surface area contributed by atoms with Crippen molar-refractivity contribution in [3.05, 3.63) is 24.0 Å². The summed E-state index contributed by atoms with van der Waals surface area (Å²) in [5.74, 6) is 0.914. The molecule has 3 heteroatoms. The third kappa shape index (κ3) is 1.33. The first kappa shape index (κ1) is 6.61. The van der Waals surface area contributed by atoms with Crippen molar-refractivity contribution in [3.63, 3.8) is 0 Å². The molecule has 3 nitrogen and oxygen atoms in total. The van der Waals surface area contributed by atoms with Gasteiger partial charge in [0.25, 0.3) is 0 Å². The molecule has 0 aliphatic carbocycles. The topological polar surface area (TPSA) is 34.1 Å². The summed E-state index contributed by atoms with van der Waals surface area (Å²) in [7, 11) is 0. The largest absolute Gasteiger partial charge is 0.490 e. The van der Waals surface area contributed by atoms with Gasteiger partial charge in [0, 0.05) is 19.3 Å². The van der Waals surface area contributed by atoms with Gasteiger partial charge in [-0.05, 0) is 12.1 Å². The Bertz CT molecular complexity index is 225. The highest BCUT2D eigenvalue weighted by Crippen LogP contribution is 2.15. The molecule has 0 amide bonds. The van der Waals surface area contributed by atoms with E-state index in [0.717, 1.165) is 31.1 Å². The summed E-state index contributed by atoms with van der Waals surface area (Å²) in [6.45, 7) is 2.45. The molecule has 0 radical (unpaired) electrons. The van der Waals surface area contributed by atoms with Crippen molar-refractivity contribution in [2.45, 2.75) is 6.54 Å². The van der Waals surface area contributed by atoms with E-state index < -0.39 is 0 Å². The van der Waals surface area contributed by atoms with Gasteiger partial charge in [-0.3, -0.25) is 4.98 Å². The van der Waals surface area contributed by atoms with Crippen molar-refractivity contribution in [1.29, 1.82) is 0 Å². The molecule has 2 heterocycles. The number of nitrogens with one attached hydrogen (secondary N) is 1. The molecular formula is C8H10N2O. The van der Waals surface area contributed by atoms with Crippen LogP contribution in [-0.4, -0.2) is 18.1 Å². The molecule has 0 saturated carbocycles. The van der Waals surface area contributed by atoms with Crippen molar-refractivity contribution < 1.29 is 4.74 Å². The Labute approximate surface area is 65.4 Å². The maximum atomic E-state index is 5.42. The van der Waals surface area contributed by atoms with E-state index in [9.17, 15) is 0 Å². The Morgan fingerprint density at radius 2 is 2.55 bits per heavy atom. The van der Waals surface area contributed by atoms with E-state index in [0.29, 0.717) is 0 Å². The van der Waals surface area contributed by atoms with Crippen LogP contribution in [0.1, 0.15) is 5.69 Å². The maximum Gasteiger partial charge on any atom is 0.142 e. The minimum absolute atomic E-state index is 0.735. The number of rotatable bonds is 0. The van der Waals surface area contributed by atoms with Crippen LogP contribution < -0.4 is 10.1 Å². The van der Waals surface area contributed by atoms with Crippen LogP contribution in [0.15, 0.2) is 18.3 Å². The fourth-order valence-corrected chi connectivity index (χ4v) is 1.13. The highest BCUT2D eigenvalue weighted by Gasteiger charge is 2.06. The molecule has 0 unspecified atom stereocenters. The molecule has 2 rings (SSSR count). The fraction of sp³-hybridized carbons (Fsp3) is 0.375. The summed E-state index contributed by atoms with van der Waals surface area (Å²) < 4.78 is 5.42. The Morgan fingerprint density at radius 3 is 3.55 bits per heavy atom. The van der Waals surface area contributed by atoms with Gasteiger partial charge in [-0.25, -0.2) is 0 Å². The smallest absolute Gasteiger partial charge is 0.142 e. The maximum absolute atomic E-state index is 5.42. The summed E-state index contributed by atoms with van der Waals surface area (Å²) >= 11 is 0. The molecule has 1 aliphatic heterocycles. The van der Waals surface area contributed by atoms with Crippen LogP contribution in [-0.2, 0) is 6.54 Å². The first-order chi connectivity index (χ1) is 5.47. The van der Waals surface area contributed by atoms with Gasteiger partial charge in [0.2, 0.25) is 0 Å². The molecule has 1 aliphatic rings. The van der Waals surface area contributed by atoms with Crippen LogP contribution in [0.25, 0.3) is 0 Å². The average Bonchev–Trinajstić information content (AvgIpc) is 2.28. The van der Waals surface area contributed by atoms with Crippen molar-refractivity contribution >= 4 is 0 Å². The number of fused-ring (bicyclic) bond motifs is 1. The molecule has 1 N–H and O–H groups in total. The number of pyridine rings is 1. The summed E-state index contributed by atoms with van der Waals surface area (Å²) in [5.41, 5.74) is 1.00. The number of aromatic nitrogens is 1. The van der Waals surface area contributed by atoms with Crippen molar-refractivity contribution in [2.24, 2.45) is 0 Å². The quantitative estimate of drug-likeness (QED) is 0.587. The van der Waals surface area contributed by atoms with Crippen LogP contribution in [0.2, 0.25) is 0 Å². The van der Waals surface area contributed by atoms with Crippen LogP contribution >= 0.6 is 0 Å². The normalized spacial score (nSPS) is 16.4. The van der Waals surface area contributed by atoms with E-state index in [1.54, 1.807) is 6.20 Å². The summed E-state index contributed by atoms with van der Waals surface area (Å²) in [6, 6.07) is 3.85. The van der Waals surface area contributed by atoms with Gasteiger partial charge >= 0.3 is 0 Å². The molecule has 1 aromatic heterocycles. The first-order valence-corrected chi connectivity index (χ1v) is 3.74. The second-order valence-electron chi connectivity index (χ2n) is 2.47. The number of hydrogen-bond donors (Lipinski definition) is 1. The summed E-state index contributed by atoms with van der Waals surface area (Å²) in [6.07, 6.45) is 1.79. The average molecular weight is 150 g/mol.